The van der Waals surface area contributed by atoms with Crippen molar-refractivity contribution in [1.82, 2.24) is 5.32 Å². The van der Waals surface area contributed by atoms with Gasteiger partial charge in [-0.15, -0.1) is 0 Å². The molecule has 1 amide bonds. The Morgan fingerprint density at radius 1 is 1.39 bits per heavy atom. The molecule has 0 saturated heterocycles. The highest BCUT2D eigenvalue weighted by Gasteiger charge is 2.13. The number of nitrogens with one attached hydrogen (secondary N) is 1. The summed E-state index contributed by atoms with van der Waals surface area (Å²) in [5.74, 6) is -1.75. The second-order valence-corrected chi connectivity index (χ2v) is 4.11. The first-order valence-corrected chi connectivity index (χ1v) is 5.53. The molecule has 0 aliphatic rings. The first-order chi connectivity index (χ1) is 8.40. The van der Waals surface area contributed by atoms with Gasteiger partial charge in [-0.2, -0.15) is 0 Å². The van der Waals surface area contributed by atoms with Crippen LogP contribution >= 0.6 is 11.6 Å². The average molecular weight is 273 g/mol. The van der Waals surface area contributed by atoms with Gasteiger partial charge in [0.2, 0.25) is 0 Å². The molecule has 0 saturated carbocycles. The number of aliphatic hydroxyl groups is 1. The Bertz CT molecular complexity index is 444. The number of aliphatic carboxylic acids is 1. The number of carbonyl (C=O) groups excluding carboxylic acids is 1. The number of nitrogen functional groups attached to an aromatic ring is 1. The van der Waals surface area contributed by atoms with Crippen LogP contribution in [0.15, 0.2) is 18.2 Å². The number of aliphatic hydroxyl groups excluding tert-OH is 1. The first kappa shape index (κ1) is 14.3. The maximum atomic E-state index is 11.6. The fraction of sp³-hybridized carbons (Fsp3) is 0.273. The van der Waals surface area contributed by atoms with Crippen molar-refractivity contribution < 1.29 is 19.8 Å². The number of nitrogens with two attached hydrogens (primary N) is 1. The van der Waals surface area contributed by atoms with Crippen molar-refractivity contribution in [3.63, 3.8) is 0 Å². The highest BCUT2D eigenvalue weighted by atomic mass is 35.5. The summed E-state index contributed by atoms with van der Waals surface area (Å²) in [6.07, 6.45) is -1.56. The summed E-state index contributed by atoms with van der Waals surface area (Å²) in [7, 11) is 0. The lowest BCUT2D eigenvalue weighted by molar-refractivity contribution is -0.146. The minimum Gasteiger partial charge on any atom is -0.479 e. The molecule has 1 aromatic rings. The van der Waals surface area contributed by atoms with Crippen LogP contribution in [0, 0.1) is 0 Å². The Kier molecular flexibility index (Phi) is 4.94. The average Bonchev–Trinajstić information content (AvgIpc) is 2.27. The minimum atomic E-state index is -1.49. The van der Waals surface area contributed by atoms with Crippen molar-refractivity contribution in [2.24, 2.45) is 0 Å². The second kappa shape index (κ2) is 6.23. The van der Waals surface area contributed by atoms with Crippen molar-refractivity contribution in [2.75, 3.05) is 12.3 Å². The van der Waals surface area contributed by atoms with Crippen molar-refractivity contribution >= 4 is 29.2 Å². The Labute approximate surface area is 108 Å². The largest absolute Gasteiger partial charge is 0.479 e. The minimum absolute atomic E-state index is 0.0404. The Morgan fingerprint density at radius 2 is 2.06 bits per heavy atom. The van der Waals surface area contributed by atoms with E-state index in [1.165, 1.54) is 18.2 Å². The van der Waals surface area contributed by atoms with Crippen molar-refractivity contribution in [1.29, 1.82) is 0 Å². The number of carboxylic acids is 1. The number of benzene rings is 1. The number of rotatable bonds is 5. The topological polar surface area (TPSA) is 113 Å². The monoisotopic (exact) mass is 272 g/mol. The van der Waals surface area contributed by atoms with Gasteiger partial charge in [-0.25, -0.2) is 4.79 Å². The van der Waals surface area contributed by atoms with Crippen LogP contribution in [0.5, 0.6) is 0 Å². The molecule has 0 heterocycles. The van der Waals surface area contributed by atoms with Crippen LogP contribution in [0.1, 0.15) is 16.8 Å². The maximum Gasteiger partial charge on any atom is 0.332 e. The summed E-state index contributed by atoms with van der Waals surface area (Å²) in [5, 5.41) is 20.2. The summed E-state index contributed by atoms with van der Waals surface area (Å²) < 4.78 is 0. The lowest BCUT2D eigenvalue weighted by Gasteiger charge is -2.08. The van der Waals surface area contributed by atoms with Crippen molar-refractivity contribution in [3.05, 3.63) is 28.8 Å². The van der Waals surface area contributed by atoms with Crippen molar-refractivity contribution in [3.8, 4) is 0 Å². The molecule has 6 nitrogen and oxygen atoms in total. The van der Waals surface area contributed by atoms with Crippen LogP contribution in [0.25, 0.3) is 0 Å². The smallest absolute Gasteiger partial charge is 0.332 e. The van der Waals surface area contributed by atoms with Crippen molar-refractivity contribution in [2.45, 2.75) is 12.5 Å². The van der Waals surface area contributed by atoms with Gasteiger partial charge in [-0.1, -0.05) is 11.6 Å². The molecule has 0 spiro atoms. The van der Waals surface area contributed by atoms with Crippen LogP contribution in [-0.4, -0.2) is 34.7 Å². The van der Waals surface area contributed by atoms with Gasteiger partial charge in [0, 0.05) is 29.2 Å². The van der Waals surface area contributed by atoms with E-state index in [1.807, 2.05) is 0 Å². The number of carbonyl (C=O) groups is 2. The van der Waals surface area contributed by atoms with Gasteiger partial charge in [0.15, 0.2) is 6.10 Å². The highest BCUT2D eigenvalue weighted by Crippen LogP contribution is 2.16. The van der Waals surface area contributed by atoms with Gasteiger partial charge in [-0.05, 0) is 18.2 Å². The summed E-state index contributed by atoms with van der Waals surface area (Å²) in [4.78, 5) is 22.0. The predicted molar refractivity (Wildman–Crippen MR) is 66.5 cm³/mol. The Morgan fingerprint density at radius 3 is 2.61 bits per heavy atom. The zero-order valence-corrected chi connectivity index (χ0v) is 10.1. The third kappa shape index (κ3) is 4.23. The van der Waals surface area contributed by atoms with E-state index >= 15 is 0 Å². The van der Waals surface area contributed by atoms with E-state index in [2.05, 4.69) is 5.32 Å². The molecule has 1 atom stereocenters. The summed E-state index contributed by atoms with van der Waals surface area (Å²) in [5.41, 5.74) is 6.17. The predicted octanol–water partition coefficient (Wildman–Crippen LogP) is 0.488. The number of anilines is 1. The van der Waals surface area contributed by atoms with E-state index < -0.39 is 18.0 Å². The lowest BCUT2D eigenvalue weighted by atomic mass is 10.2. The van der Waals surface area contributed by atoms with Crippen LogP contribution < -0.4 is 11.1 Å². The molecule has 98 valence electrons. The molecule has 1 aromatic carbocycles. The molecule has 0 aliphatic heterocycles. The maximum absolute atomic E-state index is 11.6. The van der Waals surface area contributed by atoms with E-state index in [-0.39, 0.29) is 18.5 Å². The quantitative estimate of drug-likeness (QED) is 0.583. The van der Waals surface area contributed by atoms with Gasteiger partial charge in [0.1, 0.15) is 0 Å². The molecule has 1 rings (SSSR count). The van der Waals surface area contributed by atoms with E-state index in [1.54, 1.807) is 0 Å². The zero-order chi connectivity index (χ0) is 13.7. The molecule has 0 unspecified atom stereocenters. The Hall–Kier alpha value is -1.79. The second-order valence-electron chi connectivity index (χ2n) is 3.67. The molecule has 7 heteroatoms. The SMILES string of the molecule is Nc1cc(Cl)cc(C(=O)NCC[C@H](O)C(=O)O)c1. The van der Waals surface area contributed by atoms with Gasteiger partial charge in [-0.3, -0.25) is 4.79 Å². The fourth-order valence-electron chi connectivity index (χ4n) is 1.29. The molecule has 18 heavy (non-hydrogen) atoms. The molecule has 0 aromatic heterocycles. The molecule has 0 aliphatic carbocycles. The third-order valence-electron chi connectivity index (χ3n) is 2.17. The van der Waals surface area contributed by atoms with E-state index in [0.717, 1.165) is 0 Å². The molecular weight excluding hydrogens is 260 g/mol. The third-order valence-corrected chi connectivity index (χ3v) is 2.39. The molecular formula is C11H13ClN2O4. The molecule has 0 bridgehead atoms. The lowest BCUT2D eigenvalue weighted by Crippen LogP contribution is -2.30. The van der Waals surface area contributed by atoms with Gasteiger partial charge in [0.05, 0.1) is 0 Å². The number of carboxylic acid groups (broad SMARTS) is 1. The highest BCUT2D eigenvalue weighted by molar-refractivity contribution is 6.31. The van der Waals surface area contributed by atoms with E-state index in [0.29, 0.717) is 10.7 Å². The van der Waals surface area contributed by atoms with Gasteiger partial charge >= 0.3 is 5.97 Å². The van der Waals surface area contributed by atoms with E-state index in [4.69, 9.17) is 27.5 Å². The van der Waals surface area contributed by atoms with Crippen LogP contribution in [0.3, 0.4) is 0 Å². The first-order valence-electron chi connectivity index (χ1n) is 5.15. The van der Waals surface area contributed by atoms with Gasteiger partial charge < -0.3 is 21.3 Å². The van der Waals surface area contributed by atoms with Gasteiger partial charge in [0.25, 0.3) is 5.91 Å². The Balaban J connectivity index is 2.53. The summed E-state index contributed by atoms with van der Waals surface area (Å²) in [6.45, 7) is 0.0404. The number of hydrogen-bond acceptors (Lipinski definition) is 4. The summed E-state index contributed by atoms with van der Waals surface area (Å²) in [6, 6.07) is 4.40. The normalized spacial score (nSPS) is 11.9. The fourth-order valence-corrected chi connectivity index (χ4v) is 1.53. The number of halogens is 1. The number of hydrogen-bond donors (Lipinski definition) is 4. The van der Waals surface area contributed by atoms with Crippen LogP contribution in [0.4, 0.5) is 5.69 Å². The van der Waals surface area contributed by atoms with E-state index in [9.17, 15) is 9.59 Å². The molecule has 0 radical (unpaired) electrons. The number of amides is 1. The standard InChI is InChI=1S/C11H13ClN2O4/c12-7-3-6(4-8(13)5-7)10(16)14-2-1-9(15)11(17)18/h3-5,9,15H,1-2,13H2,(H,14,16)(H,17,18)/t9-/m0/s1. The molecule has 0 fully saturated rings. The van der Waals surface area contributed by atoms with Crippen LogP contribution in [-0.2, 0) is 4.79 Å². The molecule has 5 N–H and O–H groups in total. The summed E-state index contributed by atoms with van der Waals surface area (Å²) >= 11 is 5.74. The van der Waals surface area contributed by atoms with Crippen LogP contribution in [0.2, 0.25) is 5.02 Å². The zero-order valence-electron chi connectivity index (χ0n) is 9.39.